The lowest BCUT2D eigenvalue weighted by molar-refractivity contribution is 0.0948. The number of hydrogen-bond acceptors (Lipinski definition) is 4. The van der Waals surface area contributed by atoms with Gasteiger partial charge in [-0.3, -0.25) is 4.79 Å². The number of aromatic nitrogens is 1. The van der Waals surface area contributed by atoms with Crippen LogP contribution in [0.4, 0.5) is 11.5 Å². The fourth-order valence-corrected chi connectivity index (χ4v) is 2.09. The van der Waals surface area contributed by atoms with E-state index in [2.05, 4.69) is 34.7 Å². The van der Waals surface area contributed by atoms with Crippen LogP contribution in [0.3, 0.4) is 0 Å². The number of rotatable bonds is 8. The van der Waals surface area contributed by atoms with Crippen molar-refractivity contribution in [2.75, 3.05) is 25.6 Å². The summed E-state index contributed by atoms with van der Waals surface area (Å²) >= 11 is 0. The summed E-state index contributed by atoms with van der Waals surface area (Å²) in [5.41, 5.74) is 2.82. The number of carbonyl (C=O) groups is 1. The minimum atomic E-state index is -0.118. The molecular weight excluding hydrogens is 290 g/mol. The Balaban J connectivity index is 1.89. The van der Waals surface area contributed by atoms with Crippen LogP contribution in [-0.2, 0) is 11.2 Å². The van der Waals surface area contributed by atoms with Gasteiger partial charge in [0.2, 0.25) is 0 Å². The zero-order chi connectivity index (χ0) is 16.5. The fraction of sp³-hybridized carbons (Fsp3) is 0.333. The van der Waals surface area contributed by atoms with E-state index in [1.165, 1.54) is 5.56 Å². The number of anilines is 2. The molecule has 1 amide bonds. The number of hydrogen-bond donors (Lipinski definition) is 2. The van der Waals surface area contributed by atoms with Crippen LogP contribution in [-0.4, -0.2) is 31.2 Å². The van der Waals surface area contributed by atoms with Crippen molar-refractivity contribution in [3.8, 4) is 0 Å². The van der Waals surface area contributed by atoms with Gasteiger partial charge >= 0.3 is 0 Å². The fourth-order valence-electron chi connectivity index (χ4n) is 2.09. The highest BCUT2D eigenvalue weighted by molar-refractivity contribution is 5.94. The first-order valence-electron chi connectivity index (χ1n) is 7.82. The Labute approximate surface area is 137 Å². The summed E-state index contributed by atoms with van der Waals surface area (Å²) in [6.45, 7) is 3.36. The first kappa shape index (κ1) is 17.0. The first-order chi connectivity index (χ1) is 11.2. The molecule has 5 heteroatoms. The van der Waals surface area contributed by atoms with Crippen molar-refractivity contribution < 1.29 is 9.53 Å². The molecule has 122 valence electrons. The Hall–Kier alpha value is -2.40. The maximum Gasteiger partial charge on any atom is 0.252 e. The third-order valence-electron chi connectivity index (χ3n) is 3.47. The van der Waals surface area contributed by atoms with E-state index in [0.717, 1.165) is 18.5 Å². The number of carbonyl (C=O) groups excluding carboxylic acids is 1. The molecule has 0 radical (unpaired) electrons. The van der Waals surface area contributed by atoms with Gasteiger partial charge in [-0.1, -0.05) is 19.1 Å². The third kappa shape index (κ3) is 5.38. The molecule has 0 bridgehead atoms. The van der Waals surface area contributed by atoms with Gasteiger partial charge in [-0.2, -0.15) is 0 Å². The van der Waals surface area contributed by atoms with Crippen LogP contribution in [0.15, 0.2) is 42.6 Å². The second-order valence-corrected chi connectivity index (χ2v) is 5.21. The zero-order valence-electron chi connectivity index (χ0n) is 13.6. The highest BCUT2D eigenvalue weighted by Crippen LogP contribution is 2.15. The Morgan fingerprint density at radius 2 is 1.96 bits per heavy atom. The Kier molecular flexibility index (Phi) is 6.56. The smallest absolute Gasteiger partial charge is 0.252 e. The SMILES string of the molecule is CCc1ccc(Nc2ccc(C(=O)NCCCOC)cn2)cc1. The number of nitrogens with zero attached hydrogens (tertiary/aromatic N) is 1. The second kappa shape index (κ2) is 8.90. The van der Waals surface area contributed by atoms with E-state index in [-0.39, 0.29) is 5.91 Å². The number of methoxy groups -OCH3 is 1. The molecule has 1 aromatic heterocycles. The van der Waals surface area contributed by atoms with Crippen LogP contribution in [0.25, 0.3) is 0 Å². The van der Waals surface area contributed by atoms with Crippen LogP contribution in [0.1, 0.15) is 29.3 Å². The number of ether oxygens (including phenoxy) is 1. The molecule has 2 aromatic rings. The molecule has 0 saturated carbocycles. The number of amides is 1. The summed E-state index contributed by atoms with van der Waals surface area (Å²) in [4.78, 5) is 16.2. The summed E-state index contributed by atoms with van der Waals surface area (Å²) in [5.74, 6) is 0.595. The zero-order valence-corrected chi connectivity index (χ0v) is 13.6. The molecule has 0 fully saturated rings. The van der Waals surface area contributed by atoms with Gasteiger partial charge in [0.25, 0.3) is 5.91 Å². The van der Waals surface area contributed by atoms with Gasteiger partial charge in [-0.15, -0.1) is 0 Å². The standard InChI is InChI=1S/C18H23N3O2/c1-3-14-5-8-16(9-6-14)21-17-10-7-15(13-20-17)18(22)19-11-4-12-23-2/h5-10,13H,3-4,11-12H2,1-2H3,(H,19,22)(H,20,21). The summed E-state index contributed by atoms with van der Waals surface area (Å²) in [7, 11) is 1.65. The minimum Gasteiger partial charge on any atom is -0.385 e. The van der Waals surface area contributed by atoms with Gasteiger partial charge in [0.05, 0.1) is 5.56 Å². The molecule has 1 heterocycles. The largest absolute Gasteiger partial charge is 0.385 e. The monoisotopic (exact) mass is 313 g/mol. The molecule has 0 unspecified atom stereocenters. The van der Waals surface area contributed by atoms with E-state index in [4.69, 9.17) is 4.74 Å². The average Bonchev–Trinajstić information content (AvgIpc) is 2.60. The molecule has 2 rings (SSSR count). The topological polar surface area (TPSA) is 63.2 Å². The Morgan fingerprint density at radius 3 is 2.57 bits per heavy atom. The highest BCUT2D eigenvalue weighted by atomic mass is 16.5. The Morgan fingerprint density at radius 1 is 1.17 bits per heavy atom. The van der Waals surface area contributed by atoms with Gasteiger partial charge < -0.3 is 15.4 Å². The van der Waals surface area contributed by atoms with Gasteiger partial charge in [-0.25, -0.2) is 4.98 Å². The predicted molar refractivity (Wildman–Crippen MR) is 92.2 cm³/mol. The second-order valence-electron chi connectivity index (χ2n) is 5.21. The molecule has 0 spiro atoms. The van der Waals surface area contributed by atoms with Crippen molar-refractivity contribution in [2.45, 2.75) is 19.8 Å². The lowest BCUT2D eigenvalue weighted by atomic mass is 10.1. The van der Waals surface area contributed by atoms with Crippen LogP contribution < -0.4 is 10.6 Å². The van der Waals surface area contributed by atoms with Crippen LogP contribution in [0.2, 0.25) is 0 Å². The number of aryl methyl sites for hydroxylation is 1. The predicted octanol–water partition coefficient (Wildman–Crippen LogP) is 3.15. The summed E-state index contributed by atoms with van der Waals surface area (Å²) < 4.78 is 4.94. The van der Waals surface area contributed by atoms with Gasteiger partial charge in [-0.05, 0) is 42.7 Å². The van der Waals surface area contributed by atoms with Crippen molar-refractivity contribution >= 4 is 17.4 Å². The van der Waals surface area contributed by atoms with Crippen LogP contribution in [0.5, 0.6) is 0 Å². The van der Waals surface area contributed by atoms with E-state index in [0.29, 0.717) is 24.5 Å². The molecule has 0 atom stereocenters. The lowest BCUT2D eigenvalue weighted by Gasteiger charge is -2.08. The lowest BCUT2D eigenvalue weighted by Crippen LogP contribution is -2.25. The van der Waals surface area contributed by atoms with Crippen molar-refractivity contribution in [1.29, 1.82) is 0 Å². The molecule has 0 saturated heterocycles. The van der Waals surface area contributed by atoms with E-state index >= 15 is 0 Å². The first-order valence-corrected chi connectivity index (χ1v) is 7.82. The third-order valence-corrected chi connectivity index (χ3v) is 3.47. The van der Waals surface area contributed by atoms with Crippen LogP contribution in [0, 0.1) is 0 Å². The maximum atomic E-state index is 11.9. The summed E-state index contributed by atoms with van der Waals surface area (Å²) in [6, 6.07) is 11.8. The molecule has 2 N–H and O–H groups in total. The number of pyridine rings is 1. The molecule has 1 aromatic carbocycles. The van der Waals surface area contributed by atoms with Crippen molar-refractivity contribution in [2.24, 2.45) is 0 Å². The van der Waals surface area contributed by atoms with E-state index < -0.39 is 0 Å². The molecule has 0 aliphatic rings. The van der Waals surface area contributed by atoms with E-state index in [1.807, 2.05) is 12.1 Å². The van der Waals surface area contributed by atoms with Crippen molar-refractivity contribution in [3.05, 3.63) is 53.7 Å². The average molecular weight is 313 g/mol. The van der Waals surface area contributed by atoms with Gasteiger partial charge in [0.15, 0.2) is 0 Å². The molecular formula is C18H23N3O2. The molecule has 0 aliphatic heterocycles. The number of benzene rings is 1. The normalized spacial score (nSPS) is 10.3. The summed E-state index contributed by atoms with van der Waals surface area (Å²) in [5, 5.41) is 6.06. The quantitative estimate of drug-likeness (QED) is 0.735. The summed E-state index contributed by atoms with van der Waals surface area (Å²) in [6.07, 6.45) is 3.39. The maximum absolute atomic E-state index is 11.9. The van der Waals surface area contributed by atoms with Gasteiger partial charge in [0.1, 0.15) is 5.82 Å². The Bertz CT molecular complexity index is 609. The highest BCUT2D eigenvalue weighted by Gasteiger charge is 2.05. The number of nitrogens with one attached hydrogen (secondary N) is 2. The van der Waals surface area contributed by atoms with E-state index in [1.54, 1.807) is 25.4 Å². The molecule has 23 heavy (non-hydrogen) atoms. The van der Waals surface area contributed by atoms with Gasteiger partial charge in [0, 0.05) is 32.1 Å². The van der Waals surface area contributed by atoms with Crippen LogP contribution >= 0.6 is 0 Å². The van der Waals surface area contributed by atoms with E-state index in [9.17, 15) is 4.79 Å². The minimum absolute atomic E-state index is 0.118. The molecule has 0 aliphatic carbocycles. The molecule has 5 nitrogen and oxygen atoms in total. The van der Waals surface area contributed by atoms with Crippen molar-refractivity contribution in [3.63, 3.8) is 0 Å². The van der Waals surface area contributed by atoms with Crippen molar-refractivity contribution in [1.82, 2.24) is 10.3 Å².